The number of nitrogens with one attached hydrogen (secondary N) is 1. The van der Waals surface area contributed by atoms with Crippen LogP contribution >= 0.6 is 0 Å². The van der Waals surface area contributed by atoms with Gasteiger partial charge in [-0.05, 0) is 67.0 Å². The number of carbonyl (C=O) groups excluding carboxylic acids is 1. The number of ether oxygens (including phenoxy) is 1. The van der Waals surface area contributed by atoms with Crippen LogP contribution in [0.5, 0.6) is 0 Å². The van der Waals surface area contributed by atoms with Gasteiger partial charge in [0.05, 0.1) is 12.0 Å². The van der Waals surface area contributed by atoms with Crippen molar-refractivity contribution in [1.29, 1.82) is 0 Å². The van der Waals surface area contributed by atoms with Crippen molar-refractivity contribution >= 4 is 16.0 Å². The Morgan fingerprint density at radius 3 is 2.33 bits per heavy atom. The summed E-state index contributed by atoms with van der Waals surface area (Å²) in [4.78, 5) is 11.3. The molecular weight excluding hydrogens is 405 g/mol. The first-order valence-electron chi connectivity index (χ1n) is 10.3. The van der Waals surface area contributed by atoms with Crippen molar-refractivity contribution in [3.63, 3.8) is 0 Å². The van der Waals surface area contributed by atoms with Crippen LogP contribution in [0.4, 0.5) is 4.39 Å². The summed E-state index contributed by atoms with van der Waals surface area (Å²) in [6, 6.07) is 12.5. The molecule has 0 amide bonds. The molecule has 0 radical (unpaired) electrons. The van der Waals surface area contributed by atoms with E-state index >= 15 is 0 Å². The number of aryl methyl sites for hydroxylation is 1. The van der Waals surface area contributed by atoms with Crippen LogP contribution in [0.25, 0.3) is 0 Å². The maximum absolute atomic E-state index is 13.2. The minimum Gasteiger partial charge on any atom is -0.469 e. The summed E-state index contributed by atoms with van der Waals surface area (Å²) in [7, 11) is -2.38. The summed E-state index contributed by atoms with van der Waals surface area (Å²) in [5.41, 5.74) is 2.01. The van der Waals surface area contributed by atoms with Crippen LogP contribution in [0.2, 0.25) is 0 Å². The zero-order valence-corrected chi connectivity index (χ0v) is 18.0. The highest BCUT2D eigenvalue weighted by molar-refractivity contribution is 7.89. The van der Waals surface area contributed by atoms with Gasteiger partial charge in [-0.15, -0.1) is 0 Å². The number of rotatable bonds is 9. The summed E-state index contributed by atoms with van der Waals surface area (Å²) in [6.45, 7) is 0. The van der Waals surface area contributed by atoms with Gasteiger partial charge in [-0.25, -0.2) is 17.5 Å². The highest BCUT2D eigenvalue weighted by Crippen LogP contribution is 2.37. The van der Waals surface area contributed by atoms with Crippen LogP contribution in [0, 0.1) is 11.7 Å². The topological polar surface area (TPSA) is 72.5 Å². The quantitative estimate of drug-likeness (QED) is 0.590. The maximum Gasteiger partial charge on any atom is 0.305 e. The lowest BCUT2D eigenvalue weighted by Crippen LogP contribution is -2.32. The van der Waals surface area contributed by atoms with Crippen LogP contribution < -0.4 is 4.72 Å². The van der Waals surface area contributed by atoms with E-state index in [1.807, 2.05) is 24.3 Å². The van der Waals surface area contributed by atoms with Crippen LogP contribution in [0.3, 0.4) is 0 Å². The van der Waals surface area contributed by atoms with Crippen molar-refractivity contribution in [2.24, 2.45) is 5.92 Å². The first-order chi connectivity index (χ1) is 14.4. The van der Waals surface area contributed by atoms with Crippen molar-refractivity contribution in [2.75, 3.05) is 7.11 Å². The van der Waals surface area contributed by atoms with Crippen molar-refractivity contribution in [3.8, 4) is 0 Å². The monoisotopic (exact) mass is 433 g/mol. The molecule has 0 heterocycles. The van der Waals surface area contributed by atoms with Gasteiger partial charge in [-0.3, -0.25) is 4.79 Å². The van der Waals surface area contributed by atoms with Gasteiger partial charge in [0.1, 0.15) is 5.82 Å². The molecule has 0 bridgehead atoms. The molecule has 162 valence electrons. The normalized spacial score (nSPS) is 15.8. The molecule has 30 heavy (non-hydrogen) atoms. The summed E-state index contributed by atoms with van der Waals surface area (Å²) in [6.07, 6.45) is 5.95. The van der Waals surface area contributed by atoms with E-state index in [0.717, 1.165) is 55.4 Å². The third-order valence-corrected chi connectivity index (χ3v) is 7.15. The molecule has 1 unspecified atom stereocenters. The van der Waals surface area contributed by atoms with Crippen LogP contribution in [0.1, 0.15) is 55.7 Å². The molecule has 1 atom stereocenters. The van der Waals surface area contributed by atoms with Gasteiger partial charge >= 0.3 is 5.97 Å². The Kier molecular flexibility index (Phi) is 7.61. The fourth-order valence-electron chi connectivity index (χ4n) is 4.01. The second-order valence-corrected chi connectivity index (χ2v) is 9.48. The molecule has 1 N–H and O–H groups in total. The second kappa shape index (κ2) is 10.2. The molecule has 5 nitrogen and oxygen atoms in total. The Morgan fingerprint density at radius 1 is 1.10 bits per heavy atom. The fourth-order valence-corrected chi connectivity index (χ4v) is 5.30. The SMILES string of the molecule is COC(=O)CCCc1ccc(C(NS(=O)(=O)c2ccc(F)cc2)C2CCCC2)cc1. The number of halogens is 1. The molecule has 2 aromatic rings. The first-order valence-corrected chi connectivity index (χ1v) is 11.8. The number of esters is 1. The molecule has 3 rings (SSSR count). The number of sulfonamides is 1. The van der Waals surface area contributed by atoms with Crippen molar-refractivity contribution in [2.45, 2.75) is 55.9 Å². The molecule has 7 heteroatoms. The summed E-state index contributed by atoms with van der Waals surface area (Å²) < 4.78 is 46.5. The second-order valence-electron chi connectivity index (χ2n) is 7.77. The van der Waals surface area contributed by atoms with Crippen LogP contribution in [-0.2, 0) is 26.0 Å². The highest BCUT2D eigenvalue weighted by Gasteiger charge is 2.30. The van der Waals surface area contributed by atoms with Crippen molar-refractivity contribution in [3.05, 3.63) is 65.5 Å². The predicted molar refractivity (Wildman–Crippen MR) is 113 cm³/mol. The third kappa shape index (κ3) is 5.89. The van der Waals surface area contributed by atoms with E-state index in [9.17, 15) is 17.6 Å². The van der Waals surface area contributed by atoms with E-state index in [2.05, 4.69) is 9.46 Å². The van der Waals surface area contributed by atoms with E-state index in [-0.39, 0.29) is 22.8 Å². The fraction of sp³-hybridized carbons (Fsp3) is 0.435. The zero-order valence-electron chi connectivity index (χ0n) is 17.1. The minimum atomic E-state index is -3.77. The van der Waals surface area contributed by atoms with E-state index in [4.69, 9.17) is 0 Å². The molecule has 1 fully saturated rings. The van der Waals surface area contributed by atoms with Gasteiger partial charge in [0, 0.05) is 12.5 Å². The van der Waals surface area contributed by atoms with Gasteiger partial charge in [-0.1, -0.05) is 37.1 Å². The van der Waals surface area contributed by atoms with Crippen LogP contribution in [0.15, 0.2) is 53.4 Å². The number of hydrogen-bond acceptors (Lipinski definition) is 4. The average Bonchev–Trinajstić information content (AvgIpc) is 3.27. The molecule has 0 saturated heterocycles. The van der Waals surface area contributed by atoms with Crippen molar-refractivity contribution in [1.82, 2.24) is 4.72 Å². The molecule has 1 saturated carbocycles. The number of carbonyl (C=O) groups is 1. The summed E-state index contributed by atoms with van der Waals surface area (Å²) in [5.74, 6) is -0.461. The van der Waals surface area contributed by atoms with Gasteiger partial charge in [-0.2, -0.15) is 0 Å². The molecule has 0 spiro atoms. The Balaban J connectivity index is 1.75. The highest BCUT2D eigenvalue weighted by atomic mass is 32.2. The average molecular weight is 434 g/mol. The van der Waals surface area contributed by atoms with Crippen molar-refractivity contribution < 1.29 is 22.3 Å². The predicted octanol–water partition coefficient (Wildman–Crippen LogP) is 4.53. The van der Waals surface area contributed by atoms with E-state index in [1.165, 1.54) is 19.2 Å². The molecular formula is C23H28FNO4S. The molecule has 0 aromatic heterocycles. The Morgan fingerprint density at radius 2 is 1.73 bits per heavy atom. The molecule has 1 aliphatic carbocycles. The zero-order chi connectivity index (χ0) is 21.6. The standard InChI is InChI=1S/C23H28FNO4S/c1-29-22(26)8-4-5-17-9-11-19(12-10-17)23(18-6-2-3-7-18)25-30(27,28)21-15-13-20(24)14-16-21/h9-16,18,23,25H,2-8H2,1H3. The van der Waals surface area contributed by atoms with E-state index in [0.29, 0.717) is 12.8 Å². The Labute approximate surface area is 177 Å². The minimum absolute atomic E-state index is 0.0614. The first kappa shape index (κ1) is 22.4. The number of benzene rings is 2. The van der Waals surface area contributed by atoms with E-state index in [1.54, 1.807) is 0 Å². The lowest BCUT2D eigenvalue weighted by Gasteiger charge is -2.25. The molecule has 1 aliphatic rings. The summed E-state index contributed by atoms with van der Waals surface area (Å²) in [5, 5.41) is 0. The lowest BCUT2D eigenvalue weighted by atomic mass is 9.91. The third-order valence-electron chi connectivity index (χ3n) is 5.69. The largest absolute Gasteiger partial charge is 0.469 e. The molecule has 0 aliphatic heterocycles. The Hall–Kier alpha value is -2.25. The smallest absolute Gasteiger partial charge is 0.305 e. The Bertz CT molecular complexity index is 936. The molecule has 2 aromatic carbocycles. The van der Waals surface area contributed by atoms with Crippen LogP contribution in [-0.4, -0.2) is 21.5 Å². The van der Waals surface area contributed by atoms with E-state index < -0.39 is 15.8 Å². The van der Waals surface area contributed by atoms with Gasteiger partial charge < -0.3 is 4.74 Å². The van der Waals surface area contributed by atoms with Gasteiger partial charge in [0.25, 0.3) is 0 Å². The number of hydrogen-bond donors (Lipinski definition) is 1. The van der Waals surface area contributed by atoms with Gasteiger partial charge in [0.2, 0.25) is 10.0 Å². The summed E-state index contributed by atoms with van der Waals surface area (Å²) >= 11 is 0. The lowest BCUT2D eigenvalue weighted by molar-refractivity contribution is -0.140. The van der Waals surface area contributed by atoms with Gasteiger partial charge in [0.15, 0.2) is 0 Å². The number of methoxy groups -OCH3 is 1. The maximum atomic E-state index is 13.2.